The van der Waals surface area contributed by atoms with Gasteiger partial charge < -0.3 is 58.3 Å². The number of aliphatic hydroxyl groups is 2. The quantitative estimate of drug-likeness (QED) is 0.137. The Morgan fingerprint density at radius 2 is 1.32 bits per heavy atom. The van der Waals surface area contributed by atoms with Crippen LogP contribution in [-0.2, 0) is 0 Å². The predicted molar refractivity (Wildman–Crippen MR) is 137 cm³/mol. The summed E-state index contributed by atoms with van der Waals surface area (Å²) in [5, 5.41) is 18.5. The van der Waals surface area contributed by atoms with E-state index in [0.717, 1.165) is 36.7 Å². The molecule has 37 heavy (non-hydrogen) atoms. The minimum atomic E-state index is -0.541. The maximum absolute atomic E-state index is 13.1. The van der Waals surface area contributed by atoms with E-state index in [4.69, 9.17) is 4.74 Å². The highest BCUT2D eigenvalue weighted by atomic mass is 79.9. The van der Waals surface area contributed by atoms with Gasteiger partial charge in [0.05, 0.1) is 47.4 Å². The normalized spacial score (nSPS) is 11.3. The summed E-state index contributed by atoms with van der Waals surface area (Å²) in [6.07, 6.45) is 10.0. The number of carbonyl (C=O) groups is 2. The molecule has 0 aliphatic heterocycles. The number of likely N-dealkylation sites (N-methyl/N-ethyl adjacent to an activating group) is 1. The summed E-state index contributed by atoms with van der Waals surface area (Å²) in [5.74, 6) is 0.0224. The van der Waals surface area contributed by atoms with Gasteiger partial charge in [-0.3, -0.25) is 4.48 Å². The van der Waals surface area contributed by atoms with Crippen molar-refractivity contribution in [3.63, 3.8) is 0 Å². The number of aromatic nitrogens is 1. The number of carbonyl (C=O) groups excluding carboxylic acids is 2. The lowest BCUT2D eigenvalue weighted by atomic mass is 10.1. The number of quaternary nitrogens is 2. The first kappa shape index (κ1) is 38.0. The predicted octanol–water partition coefficient (Wildman–Crippen LogP) is -3.08. The third-order valence-electron chi connectivity index (χ3n) is 6.53. The van der Waals surface area contributed by atoms with E-state index >= 15 is 0 Å². The smallest absolute Gasteiger partial charge is 0.414 e. The number of pyridine rings is 1. The molecule has 0 saturated carbocycles. The van der Waals surface area contributed by atoms with Gasteiger partial charge in [0, 0.05) is 20.3 Å². The second-order valence-corrected chi connectivity index (χ2v) is 10.4. The molecule has 0 bridgehead atoms. The Morgan fingerprint density at radius 3 is 1.81 bits per heavy atom. The molecule has 0 aromatic carbocycles. The van der Waals surface area contributed by atoms with Gasteiger partial charge in [0.15, 0.2) is 5.75 Å². The van der Waals surface area contributed by atoms with Crippen molar-refractivity contribution in [2.75, 3.05) is 74.6 Å². The van der Waals surface area contributed by atoms with E-state index in [0.29, 0.717) is 19.6 Å². The first-order valence-corrected chi connectivity index (χ1v) is 12.8. The number of ether oxygens (including phenoxy) is 1. The molecule has 0 unspecified atom stereocenters. The number of aliphatic hydroxyl groups excluding tert-OH is 2. The third kappa shape index (κ3) is 14.6. The maximum atomic E-state index is 13.1. The fourth-order valence-corrected chi connectivity index (χ4v) is 4.09. The van der Waals surface area contributed by atoms with Crippen LogP contribution in [-0.4, -0.2) is 116 Å². The van der Waals surface area contributed by atoms with E-state index in [2.05, 4.69) is 12.0 Å². The van der Waals surface area contributed by atoms with Crippen LogP contribution in [0.1, 0.15) is 61.9 Å². The molecule has 0 aliphatic carbocycles. The lowest BCUT2D eigenvalue weighted by Crippen LogP contribution is -3.00. The molecule has 9 nitrogen and oxygen atoms in total. The number of nitrogens with zero attached hydrogens (tertiary/aromatic N) is 4. The molecule has 2 amide bonds. The number of unbranched alkanes of at least 4 members (excludes halogenated alkanes) is 7. The van der Waals surface area contributed by atoms with E-state index in [9.17, 15) is 19.8 Å². The average molecular weight is 657 g/mol. The SMILES string of the molecule is CN(C)C(=O)Oc1cccnc1C(=O)[N+](C)(C)CCCCCCCCCC[N+](C)(CCO)CCO.[Br-].[Br-]. The standard InChI is InChI=1S/C26H48N4O5.2BrH/c1-28(2)26(34)35-23-15-14-16-27-24(23)25(33)29(3,4)17-12-10-8-6-7-9-11-13-18-30(5,19-21-31)20-22-32;;/h14-16,31-32H,6-13,17-22H2,1-5H3;2*1H/q+2;;/p-2. The lowest BCUT2D eigenvalue weighted by Gasteiger charge is -2.33. The van der Waals surface area contributed by atoms with Crippen molar-refractivity contribution in [1.82, 2.24) is 9.88 Å². The van der Waals surface area contributed by atoms with E-state index in [-0.39, 0.29) is 69.0 Å². The van der Waals surface area contributed by atoms with E-state index in [1.54, 1.807) is 32.4 Å². The van der Waals surface area contributed by atoms with Gasteiger partial charge in [-0.05, 0) is 37.8 Å². The highest BCUT2D eigenvalue weighted by Crippen LogP contribution is 2.21. The molecule has 1 heterocycles. The van der Waals surface area contributed by atoms with Crippen LogP contribution >= 0.6 is 0 Å². The molecule has 0 fully saturated rings. The topological polar surface area (TPSA) is 100.0 Å². The van der Waals surface area contributed by atoms with Gasteiger partial charge in [0.1, 0.15) is 13.1 Å². The second-order valence-electron chi connectivity index (χ2n) is 10.4. The van der Waals surface area contributed by atoms with Crippen LogP contribution in [0.5, 0.6) is 5.75 Å². The van der Waals surface area contributed by atoms with Gasteiger partial charge in [-0.15, -0.1) is 0 Å². The summed E-state index contributed by atoms with van der Waals surface area (Å²) in [5.41, 5.74) is 0.181. The van der Waals surface area contributed by atoms with Crippen LogP contribution < -0.4 is 38.7 Å². The largest absolute Gasteiger partial charge is 1.00 e. The van der Waals surface area contributed by atoms with Gasteiger partial charge in [-0.2, -0.15) is 0 Å². The van der Waals surface area contributed by atoms with Crippen LogP contribution in [0.25, 0.3) is 0 Å². The minimum Gasteiger partial charge on any atom is -1.00 e. The third-order valence-corrected chi connectivity index (χ3v) is 6.53. The molecule has 0 radical (unpaired) electrons. The summed E-state index contributed by atoms with van der Waals surface area (Å²) < 4.78 is 6.22. The molecule has 0 spiro atoms. The van der Waals surface area contributed by atoms with Crippen molar-refractivity contribution in [2.45, 2.75) is 51.4 Å². The maximum Gasteiger partial charge on any atom is 0.414 e. The Kier molecular flexibility index (Phi) is 20.4. The minimum absolute atomic E-state index is 0. The molecular weight excluding hydrogens is 608 g/mol. The van der Waals surface area contributed by atoms with Crippen LogP contribution in [0, 0.1) is 0 Å². The van der Waals surface area contributed by atoms with Crippen molar-refractivity contribution < 1.29 is 67.5 Å². The monoisotopic (exact) mass is 654 g/mol. The molecular formula is C26H48Br2N4O5. The van der Waals surface area contributed by atoms with Gasteiger partial charge in [0.25, 0.3) is 0 Å². The second kappa shape index (κ2) is 19.9. The van der Waals surface area contributed by atoms with Crippen LogP contribution in [0.4, 0.5) is 4.79 Å². The number of hydrogen-bond donors (Lipinski definition) is 2. The van der Waals surface area contributed by atoms with Crippen LogP contribution in [0.2, 0.25) is 0 Å². The van der Waals surface area contributed by atoms with Crippen LogP contribution in [0.3, 0.4) is 0 Å². The first-order chi connectivity index (χ1) is 16.6. The zero-order valence-corrected chi connectivity index (χ0v) is 26.5. The Bertz CT molecular complexity index is 775. The fraction of sp³-hybridized carbons (Fsp3) is 0.731. The summed E-state index contributed by atoms with van der Waals surface area (Å²) >= 11 is 0. The van der Waals surface area contributed by atoms with Gasteiger partial charge >= 0.3 is 12.0 Å². The Hall–Kier alpha value is -1.11. The Morgan fingerprint density at radius 1 is 0.838 bits per heavy atom. The van der Waals surface area contributed by atoms with E-state index < -0.39 is 6.09 Å². The molecule has 1 aromatic rings. The molecule has 2 N–H and O–H groups in total. The molecule has 1 rings (SSSR count). The molecule has 11 heteroatoms. The number of halogens is 2. The summed E-state index contributed by atoms with van der Waals surface area (Å²) in [6, 6.07) is 3.25. The fourth-order valence-electron chi connectivity index (χ4n) is 4.09. The molecule has 216 valence electrons. The van der Waals surface area contributed by atoms with Crippen molar-refractivity contribution in [1.29, 1.82) is 0 Å². The van der Waals surface area contributed by atoms with Crippen LogP contribution in [0.15, 0.2) is 18.3 Å². The van der Waals surface area contributed by atoms with Crippen molar-refractivity contribution in [3.05, 3.63) is 24.0 Å². The average Bonchev–Trinajstić information content (AvgIpc) is 2.80. The van der Waals surface area contributed by atoms with Crippen molar-refractivity contribution >= 4 is 12.0 Å². The number of amides is 2. The zero-order valence-electron chi connectivity index (χ0n) is 23.3. The summed E-state index contributed by atoms with van der Waals surface area (Å²) in [4.78, 5) is 30.6. The molecule has 0 saturated heterocycles. The highest BCUT2D eigenvalue weighted by Gasteiger charge is 2.32. The van der Waals surface area contributed by atoms with E-state index in [1.165, 1.54) is 30.6 Å². The van der Waals surface area contributed by atoms with Gasteiger partial charge in [-0.25, -0.2) is 14.6 Å². The number of rotatable bonds is 17. The summed E-state index contributed by atoms with van der Waals surface area (Å²) in [6.45, 7) is 3.40. The first-order valence-electron chi connectivity index (χ1n) is 12.8. The lowest BCUT2D eigenvalue weighted by molar-refractivity contribution is -0.910. The highest BCUT2D eigenvalue weighted by molar-refractivity contribution is 5.90. The summed E-state index contributed by atoms with van der Waals surface area (Å²) in [7, 11) is 9.02. The van der Waals surface area contributed by atoms with Crippen molar-refractivity contribution in [3.8, 4) is 5.75 Å². The Balaban J connectivity index is 0. The van der Waals surface area contributed by atoms with E-state index in [1.807, 2.05) is 14.1 Å². The molecule has 1 aromatic heterocycles. The zero-order chi connectivity index (χ0) is 26.3. The number of hydrogen-bond acceptors (Lipinski definition) is 6. The molecule has 0 aliphatic rings. The van der Waals surface area contributed by atoms with Gasteiger partial charge in [0.2, 0.25) is 5.69 Å². The Labute approximate surface area is 244 Å². The van der Waals surface area contributed by atoms with Crippen molar-refractivity contribution in [2.24, 2.45) is 0 Å². The molecule has 0 atom stereocenters. The van der Waals surface area contributed by atoms with Gasteiger partial charge in [-0.1, -0.05) is 25.7 Å².